The van der Waals surface area contributed by atoms with E-state index in [9.17, 15) is 13.2 Å². The second-order valence-electron chi connectivity index (χ2n) is 5.26. The van der Waals surface area contributed by atoms with Gasteiger partial charge in [0.2, 0.25) is 0 Å². The van der Waals surface area contributed by atoms with E-state index in [-0.39, 0.29) is 12.4 Å². The van der Waals surface area contributed by atoms with E-state index in [1.54, 1.807) is 13.8 Å². The van der Waals surface area contributed by atoms with Crippen LogP contribution < -0.4 is 5.32 Å². The van der Waals surface area contributed by atoms with Gasteiger partial charge in [0, 0.05) is 29.1 Å². The monoisotopic (exact) mass is 319 g/mol. The maximum Gasteiger partial charge on any atom is 0.310 e. The van der Waals surface area contributed by atoms with Crippen LogP contribution in [0.1, 0.15) is 23.6 Å². The molecule has 0 aliphatic rings. The molecule has 1 N–H and O–H groups in total. The molecule has 0 radical (unpaired) electrons. The third-order valence-corrected chi connectivity index (χ3v) is 6.35. The van der Waals surface area contributed by atoms with Gasteiger partial charge in [-0.3, -0.25) is 4.79 Å². The van der Waals surface area contributed by atoms with Crippen molar-refractivity contribution < 1.29 is 17.9 Å². The Bertz CT molecular complexity index is 561. The SMILES string of the molecule is COC(=O)Cc1ccc(CNCC(C)(C)S(C)(=O)=O)s1. The lowest BCUT2D eigenvalue weighted by molar-refractivity contribution is -0.139. The predicted molar refractivity (Wildman–Crippen MR) is 80.7 cm³/mol. The number of thiophene rings is 1. The van der Waals surface area contributed by atoms with E-state index >= 15 is 0 Å². The molecule has 0 saturated heterocycles. The summed E-state index contributed by atoms with van der Waals surface area (Å²) < 4.78 is 26.9. The highest BCUT2D eigenvalue weighted by Crippen LogP contribution is 2.18. The van der Waals surface area contributed by atoms with Crippen LogP contribution >= 0.6 is 11.3 Å². The van der Waals surface area contributed by atoms with Crippen LogP contribution in [-0.4, -0.2) is 39.0 Å². The van der Waals surface area contributed by atoms with E-state index in [1.165, 1.54) is 24.7 Å². The van der Waals surface area contributed by atoms with Crippen molar-refractivity contribution in [2.45, 2.75) is 31.6 Å². The average Bonchev–Trinajstić information content (AvgIpc) is 2.75. The summed E-state index contributed by atoms with van der Waals surface area (Å²) in [6.07, 6.45) is 1.52. The van der Waals surface area contributed by atoms with E-state index in [2.05, 4.69) is 10.1 Å². The van der Waals surface area contributed by atoms with Crippen molar-refractivity contribution in [3.05, 3.63) is 21.9 Å². The first-order valence-electron chi connectivity index (χ1n) is 6.20. The summed E-state index contributed by atoms with van der Waals surface area (Å²) in [7, 11) is -1.72. The minimum absolute atomic E-state index is 0.260. The van der Waals surface area contributed by atoms with Crippen molar-refractivity contribution in [3.8, 4) is 0 Å². The molecule has 0 saturated carbocycles. The first-order chi connectivity index (χ1) is 9.15. The third kappa shape index (κ3) is 4.88. The molecular weight excluding hydrogens is 298 g/mol. The molecule has 1 aromatic rings. The smallest absolute Gasteiger partial charge is 0.310 e. The molecule has 0 unspecified atom stereocenters. The van der Waals surface area contributed by atoms with Crippen molar-refractivity contribution in [2.75, 3.05) is 19.9 Å². The molecule has 0 aromatic carbocycles. The second kappa shape index (κ2) is 6.69. The van der Waals surface area contributed by atoms with Crippen LogP contribution in [0.25, 0.3) is 0 Å². The van der Waals surface area contributed by atoms with E-state index in [0.29, 0.717) is 13.1 Å². The number of nitrogens with one attached hydrogen (secondary N) is 1. The van der Waals surface area contributed by atoms with Crippen LogP contribution in [0.4, 0.5) is 0 Å². The number of methoxy groups -OCH3 is 1. The van der Waals surface area contributed by atoms with Gasteiger partial charge in [0.05, 0.1) is 18.3 Å². The fourth-order valence-corrected chi connectivity index (χ4v) is 2.78. The summed E-state index contributed by atoms with van der Waals surface area (Å²) in [6.45, 7) is 4.37. The lowest BCUT2D eigenvalue weighted by Crippen LogP contribution is -2.41. The van der Waals surface area contributed by atoms with Crippen LogP contribution in [0, 0.1) is 0 Å². The number of esters is 1. The van der Waals surface area contributed by atoms with Gasteiger partial charge in [0.25, 0.3) is 0 Å². The van der Waals surface area contributed by atoms with Gasteiger partial charge < -0.3 is 10.1 Å². The van der Waals surface area contributed by atoms with Crippen molar-refractivity contribution in [3.63, 3.8) is 0 Å². The van der Waals surface area contributed by atoms with Gasteiger partial charge in [0.15, 0.2) is 9.84 Å². The molecular formula is C13H21NO4S2. The second-order valence-corrected chi connectivity index (χ2v) is 9.16. The van der Waals surface area contributed by atoms with Crippen LogP contribution in [0.5, 0.6) is 0 Å². The summed E-state index contributed by atoms with van der Waals surface area (Å²) in [5.74, 6) is -0.260. The van der Waals surface area contributed by atoms with E-state index in [0.717, 1.165) is 9.75 Å². The molecule has 5 nitrogen and oxygen atoms in total. The molecule has 0 bridgehead atoms. The van der Waals surface area contributed by atoms with E-state index in [1.807, 2.05) is 12.1 Å². The number of carbonyl (C=O) groups excluding carboxylic acids is 1. The van der Waals surface area contributed by atoms with Crippen LogP contribution in [0.2, 0.25) is 0 Å². The van der Waals surface area contributed by atoms with Gasteiger partial charge in [-0.2, -0.15) is 0 Å². The fraction of sp³-hybridized carbons (Fsp3) is 0.615. The highest BCUT2D eigenvalue weighted by atomic mass is 32.2. The van der Waals surface area contributed by atoms with Gasteiger partial charge >= 0.3 is 5.97 Å². The zero-order valence-corrected chi connectivity index (χ0v) is 13.9. The molecule has 20 heavy (non-hydrogen) atoms. The molecule has 7 heteroatoms. The standard InChI is InChI=1S/C13H21NO4S2/c1-13(2,20(4,16)17)9-14-8-11-6-5-10(19-11)7-12(15)18-3/h5-6,14H,7-9H2,1-4H3. The minimum atomic E-state index is -3.09. The van der Waals surface area contributed by atoms with E-state index < -0.39 is 14.6 Å². The number of sulfone groups is 1. The molecule has 1 aromatic heterocycles. The summed E-state index contributed by atoms with van der Waals surface area (Å²) in [6, 6.07) is 3.82. The molecule has 0 aliphatic heterocycles. The largest absolute Gasteiger partial charge is 0.469 e. The Morgan fingerprint density at radius 1 is 1.35 bits per heavy atom. The van der Waals surface area contributed by atoms with Crippen molar-refractivity contribution in [1.29, 1.82) is 0 Å². The third-order valence-electron chi connectivity index (χ3n) is 3.12. The molecule has 0 atom stereocenters. The van der Waals surface area contributed by atoms with Gasteiger partial charge in [-0.25, -0.2) is 8.42 Å². The zero-order chi connectivity index (χ0) is 15.4. The Balaban J connectivity index is 2.49. The quantitative estimate of drug-likeness (QED) is 0.769. The highest BCUT2D eigenvalue weighted by Gasteiger charge is 2.29. The number of hydrogen-bond acceptors (Lipinski definition) is 6. The Labute approximate surface area is 124 Å². The summed E-state index contributed by atoms with van der Waals surface area (Å²) in [5.41, 5.74) is 0. The molecule has 1 rings (SSSR count). The minimum Gasteiger partial charge on any atom is -0.469 e. The first-order valence-corrected chi connectivity index (χ1v) is 8.91. The molecule has 114 valence electrons. The number of ether oxygens (including phenoxy) is 1. The van der Waals surface area contributed by atoms with Crippen LogP contribution in [-0.2, 0) is 32.3 Å². The highest BCUT2D eigenvalue weighted by molar-refractivity contribution is 7.92. The summed E-state index contributed by atoms with van der Waals surface area (Å²) in [4.78, 5) is 13.2. The Kier molecular flexibility index (Phi) is 5.73. The molecule has 1 heterocycles. The van der Waals surface area contributed by atoms with Gasteiger partial charge in [-0.15, -0.1) is 11.3 Å². The van der Waals surface area contributed by atoms with Crippen molar-refractivity contribution >= 4 is 27.1 Å². The normalized spacial score (nSPS) is 12.4. The number of carbonyl (C=O) groups is 1. The van der Waals surface area contributed by atoms with Gasteiger partial charge in [0.1, 0.15) is 0 Å². The van der Waals surface area contributed by atoms with Crippen molar-refractivity contribution in [2.24, 2.45) is 0 Å². The van der Waals surface area contributed by atoms with Gasteiger partial charge in [-0.05, 0) is 26.0 Å². The lowest BCUT2D eigenvalue weighted by Gasteiger charge is -2.22. The Hall–Kier alpha value is -0.920. The zero-order valence-electron chi connectivity index (χ0n) is 12.2. The maximum atomic E-state index is 11.6. The first kappa shape index (κ1) is 17.1. The van der Waals surface area contributed by atoms with Crippen LogP contribution in [0.3, 0.4) is 0 Å². The average molecular weight is 319 g/mol. The molecule has 0 fully saturated rings. The topological polar surface area (TPSA) is 72.5 Å². The Morgan fingerprint density at radius 3 is 2.50 bits per heavy atom. The predicted octanol–water partition coefficient (Wildman–Crippen LogP) is 1.38. The Morgan fingerprint density at radius 2 is 1.95 bits per heavy atom. The van der Waals surface area contributed by atoms with Crippen LogP contribution in [0.15, 0.2) is 12.1 Å². The summed E-state index contributed by atoms with van der Waals surface area (Å²) >= 11 is 1.52. The molecule has 0 amide bonds. The lowest BCUT2D eigenvalue weighted by atomic mass is 10.2. The van der Waals surface area contributed by atoms with E-state index in [4.69, 9.17) is 0 Å². The van der Waals surface area contributed by atoms with Crippen molar-refractivity contribution in [1.82, 2.24) is 5.32 Å². The van der Waals surface area contributed by atoms with Gasteiger partial charge in [-0.1, -0.05) is 0 Å². The fourth-order valence-electron chi connectivity index (χ4n) is 1.44. The molecule has 0 aliphatic carbocycles. The maximum absolute atomic E-state index is 11.6. The number of hydrogen-bond donors (Lipinski definition) is 1. The summed E-state index contributed by atoms with van der Waals surface area (Å²) in [5, 5.41) is 3.14. The number of rotatable bonds is 7. The molecule has 0 spiro atoms.